The van der Waals surface area contributed by atoms with Crippen LogP contribution >= 0.6 is 12.6 Å². The number of nitrogens with zero attached hydrogens (tertiary/aromatic N) is 1. The summed E-state index contributed by atoms with van der Waals surface area (Å²) in [5.41, 5.74) is 0.0595. The minimum absolute atomic E-state index is 0.0595. The van der Waals surface area contributed by atoms with Gasteiger partial charge in [-0.2, -0.15) is 0 Å². The lowest BCUT2D eigenvalue weighted by atomic mass is 10.1. The number of thiol groups is 1. The van der Waals surface area contributed by atoms with E-state index >= 15 is 0 Å². The molecule has 0 bridgehead atoms. The van der Waals surface area contributed by atoms with Crippen molar-refractivity contribution in [1.29, 1.82) is 0 Å². The molecular weight excluding hydrogens is 265 g/mol. The Morgan fingerprint density at radius 2 is 2.16 bits per heavy atom. The van der Waals surface area contributed by atoms with Gasteiger partial charge in [-0.1, -0.05) is 13.8 Å². The molecule has 1 aromatic carbocycles. The number of hydrogen-bond acceptors (Lipinski definition) is 3. The predicted molar refractivity (Wildman–Crippen MR) is 76.3 cm³/mol. The molecule has 0 aliphatic rings. The molecule has 0 radical (unpaired) electrons. The number of carbonyl (C=O) groups excluding carboxylic acids is 1. The molecule has 0 fully saturated rings. The number of methoxy groups -OCH3 is 1. The molecule has 106 valence electrons. The van der Waals surface area contributed by atoms with Crippen molar-refractivity contribution in [3.05, 3.63) is 29.6 Å². The molecule has 1 rings (SSSR count). The zero-order valence-corrected chi connectivity index (χ0v) is 12.4. The van der Waals surface area contributed by atoms with Crippen LogP contribution in [0.2, 0.25) is 0 Å². The van der Waals surface area contributed by atoms with Crippen molar-refractivity contribution in [3.8, 4) is 0 Å². The van der Waals surface area contributed by atoms with Crippen LogP contribution in [0.1, 0.15) is 24.2 Å². The van der Waals surface area contributed by atoms with Gasteiger partial charge < -0.3 is 9.64 Å². The average Bonchev–Trinajstić information content (AvgIpc) is 2.36. The van der Waals surface area contributed by atoms with Crippen LogP contribution in [0.15, 0.2) is 23.1 Å². The van der Waals surface area contributed by atoms with E-state index in [4.69, 9.17) is 4.74 Å². The Morgan fingerprint density at radius 3 is 2.74 bits per heavy atom. The lowest BCUT2D eigenvalue weighted by molar-refractivity contribution is 0.0667. The quantitative estimate of drug-likeness (QED) is 0.814. The zero-order valence-electron chi connectivity index (χ0n) is 11.5. The van der Waals surface area contributed by atoms with E-state index in [1.54, 1.807) is 12.0 Å². The van der Waals surface area contributed by atoms with Crippen LogP contribution in [0.25, 0.3) is 0 Å². The summed E-state index contributed by atoms with van der Waals surface area (Å²) in [6, 6.07) is 4.25. The third kappa shape index (κ3) is 4.84. The molecule has 1 aromatic rings. The van der Waals surface area contributed by atoms with Gasteiger partial charge in [0, 0.05) is 25.1 Å². The number of carbonyl (C=O) groups is 1. The fourth-order valence-electron chi connectivity index (χ4n) is 1.77. The highest BCUT2D eigenvalue weighted by Gasteiger charge is 2.20. The van der Waals surface area contributed by atoms with Gasteiger partial charge in [-0.25, -0.2) is 4.39 Å². The van der Waals surface area contributed by atoms with Gasteiger partial charge in [0.15, 0.2) is 0 Å². The Bertz CT molecular complexity index is 437. The molecule has 0 N–H and O–H groups in total. The number of rotatable bonds is 6. The summed E-state index contributed by atoms with van der Waals surface area (Å²) < 4.78 is 18.7. The monoisotopic (exact) mass is 285 g/mol. The highest BCUT2D eigenvalue weighted by molar-refractivity contribution is 7.80. The lowest BCUT2D eigenvalue weighted by Gasteiger charge is -2.24. The number of amides is 1. The van der Waals surface area contributed by atoms with Gasteiger partial charge in [0.2, 0.25) is 0 Å². The third-order valence-corrected chi connectivity index (χ3v) is 2.90. The van der Waals surface area contributed by atoms with Gasteiger partial charge in [-0.05, 0) is 24.1 Å². The number of benzene rings is 1. The van der Waals surface area contributed by atoms with Crippen molar-refractivity contribution in [2.24, 2.45) is 5.92 Å². The second-order valence-electron chi connectivity index (χ2n) is 4.80. The van der Waals surface area contributed by atoms with E-state index in [0.717, 1.165) is 0 Å². The fourth-order valence-corrected chi connectivity index (χ4v) is 1.97. The van der Waals surface area contributed by atoms with E-state index in [1.165, 1.54) is 18.2 Å². The minimum Gasteiger partial charge on any atom is -0.383 e. The fraction of sp³-hybridized carbons (Fsp3) is 0.500. The molecule has 0 aliphatic heterocycles. The summed E-state index contributed by atoms with van der Waals surface area (Å²) in [6.07, 6.45) is 0. The van der Waals surface area contributed by atoms with E-state index in [1.807, 2.05) is 13.8 Å². The molecular formula is C14H20FNO2S. The van der Waals surface area contributed by atoms with Crippen molar-refractivity contribution in [2.75, 3.05) is 26.8 Å². The topological polar surface area (TPSA) is 29.5 Å². The molecule has 0 unspecified atom stereocenters. The highest BCUT2D eigenvalue weighted by atomic mass is 32.1. The predicted octanol–water partition coefficient (Wildman–Crippen LogP) is 2.86. The Labute approximate surface area is 119 Å². The highest BCUT2D eigenvalue weighted by Crippen LogP contribution is 2.16. The van der Waals surface area contributed by atoms with Gasteiger partial charge in [-0.15, -0.1) is 12.6 Å². The molecule has 1 amide bonds. The normalized spacial score (nSPS) is 10.8. The summed E-state index contributed by atoms with van der Waals surface area (Å²) in [4.78, 5) is 14.5. The van der Waals surface area contributed by atoms with Crippen LogP contribution in [0.3, 0.4) is 0 Å². The lowest BCUT2D eigenvalue weighted by Crippen LogP contribution is -2.37. The molecule has 0 atom stereocenters. The van der Waals surface area contributed by atoms with Gasteiger partial charge in [0.25, 0.3) is 5.91 Å². The first-order valence-electron chi connectivity index (χ1n) is 6.22. The molecule has 0 heterocycles. The first-order valence-corrected chi connectivity index (χ1v) is 6.67. The summed E-state index contributed by atoms with van der Waals surface area (Å²) in [7, 11) is 1.58. The summed E-state index contributed by atoms with van der Waals surface area (Å²) in [5.74, 6) is -0.531. The maximum Gasteiger partial charge on any atom is 0.256 e. The van der Waals surface area contributed by atoms with Gasteiger partial charge in [0.05, 0.1) is 12.2 Å². The summed E-state index contributed by atoms with van der Waals surface area (Å²) >= 11 is 4.14. The third-order valence-electron chi connectivity index (χ3n) is 2.62. The Morgan fingerprint density at radius 1 is 1.47 bits per heavy atom. The standard InChI is InChI=1S/C14H20FNO2S/c1-10(2)9-16(6-7-18-3)14(17)12-8-11(19)4-5-13(12)15/h4-5,8,10,19H,6-7,9H2,1-3H3. The van der Waals surface area contributed by atoms with Crippen molar-refractivity contribution < 1.29 is 13.9 Å². The Hall–Kier alpha value is -1.07. The van der Waals surface area contributed by atoms with Crippen LogP contribution < -0.4 is 0 Å². The minimum atomic E-state index is -0.519. The van der Waals surface area contributed by atoms with Gasteiger partial charge in [-0.3, -0.25) is 4.79 Å². The molecule has 19 heavy (non-hydrogen) atoms. The first-order chi connectivity index (χ1) is 8.95. The molecule has 0 aliphatic carbocycles. The van der Waals surface area contributed by atoms with E-state index in [-0.39, 0.29) is 11.5 Å². The van der Waals surface area contributed by atoms with E-state index in [2.05, 4.69) is 12.6 Å². The maximum absolute atomic E-state index is 13.7. The molecule has 0 saturated carbocycles. The van der Waals surface area contributed by atoms with Crippen LogP contribution in [-0.2, 0) is 4.74 Å². The first kappa shape index (κ1) is 16.0. The van der Waals surface area contributed by atoms with Crippen molar-refractivity contribution in [1.82, 2.24) is 4.90 Å². The molecule has 3 nitrogen and oxygen atoms in total. The zero-order chi connectivity index (χ0) is 14.4. The van der Waals surface area contributed by atoms with Gasteiger partial charge >= 0.3 is 0 Å². The Balaban J connectivity index is 2.93. The smallest absolute Gasteiger partial charge is 0.256 e. The maximum atomic E-state index is 13.7. The van der Waals surface area contributed by atoms with E-state index in [0.29, 0.717) is 30.5 Å². The molecule has 0 spiro atoms. The molecule has 0 aromatic heterocycles. The Kier molecular flexibility index (Phi) is 6.31. The SMILES string of the molecule is COCCN(CC(C)C)C(=O)c1cc(S)ccc1F. The van der Waals surface area contributed by atoms with Gasteiger partial charge in [0.1, 0.15) is 5.82 Å². The molecule has 5 heteroatoms. The van der Waals surface area contributed by atoms with Crippen molar-refractivity contribution >= 4 is 18.5 Å². The average molecular weight is 285 g/mol. The van der Waals surface area contributed by atoms with Crippen LogP contribution in [0, 0.1) is 11.7 Å². The van der Waals surface area contributed by atoms with Crippen molar-refractivity contribution in [3.63, 3.8) is 0 Å². The number of hydrogen-bond donors (Lipinski definition) is 1. The summed E-state index contributed by atoms with van der Waals surface area (Å²) in [5, 5.41) is 0. The number of ether oxygens (including phenoxy) is 1. The second kappa shape index (κ2) is 7.50. The van der Waals surface area contributed by atoms with Crippen LogP contribution in [-0.4, -0.2) is 37.6 Å². The van der Waals surface area contributed by atoms with E-state index in [9.17, 15) is 9.18 Å². The number of halogens is 1. The van der Waals surface area contributed by atoms with Crippen LogP contribution in [0.4, 0.5) is 4.39 Å². The summed E-state index contributed by atoms with van der Waals surface area (Å²) in [6.45, 7) is 5.47. The van der Waals surface area contributed by atoms with Crippen LogP contribution in [0.5, 0.6) is 0 Å². The van der Waals surface area contributed by atoms with E-state index < -0.39 is 5.82 Å². The molecule has 0 saturated heterocycles. The second-order valence-corrected chi connectivity index (χ2v) is 5.32. The largest absolute Gasteiger partial charge is 0.383 e. The van der Waals surface area contributed by atoms with Crippen molar-refractivity contribution in [2.45, 2.75) is 18.7 Å².